The van der Waals surface area contributed by atoms with Crippen LogP contribution in [0, 0.1) is 0 Å². The van der Waals surface area contributed by atoms with Gasteiger partial charge in [0.2, 0.25) is 0 Å². The molecule has 4 aromatic rings. The van der Waals surface area contributed by atoms with Gasteiger partial charge in [0.25, 0.3) is 0 Å². The Kier molecular flexibility index (Phi) is 5.76. The van der Waals surface area contributed by atoms with Gasteiger partial charge >= 0.3 is 5.97 Å². The molecule has 0 spiro atoms. The van der Waals surface area contributed by atoms with Crippen molar-refractivity contribution in [3.8, 4) is 0 Å². The van der Waals surface area contributed by atoms with Crippen molar-refractivity contribution in [2.24, 2.45) is 0 Å². The molecule has 0 N–H and O–H groups in total. The van der Waals surface area contributed by atoms with Crippen molar-refractivity contribution in [2.75, 3.05) is 0 Å². The molecule has 144 valence electrons. The molecular weight excluding hydrogens is 362 g/mol. The second-order valence-electron chi connectivity index (χ2n) is 6.74. The summed E-state index contributed by atoms with van der Waals surface area (Å²) in [4.78, 5) is 12.9. The van der Waals surface area contributed by atoms with E-state index < -0.39 is 6.10 Å². The monoisotopic (exact) mass is 383 g/mol. The molecule has 3 aromatic carbocycles. The third-order valence-electron chi connectivity index (χ3n) is 4.82. The number of aromatic nitrogens is 3. The average molecular weight is 383 g/mol. The number of hydrogen-bond acceptors (Lipinski definition) is 4. The van der Waals surface area contributed by atoms with Crippen LogP contribution in [-0.4, -0.2) is 21.0 Å². The first-order valence-corrected chi connectivity index (χ1v) is 9.51. The van der Waals surface area contributed by atoms with Crippen molar-refractivity contribution < 1.29 is 9.53 Å². The summed E-state index contributed by atoms with van der Waals surface area (Å²) in [6.07, 6.45) is 2.99. The lowest BCUT2D eigenvalue weighted by molar-refractivity contribution is 0.0205. The molecule has 0 unspecified atom stereocenters. The van der Waals surface area contributed by atoms with E-state index in [0.29, 0.717) is 12.1 Å². The molecule has 1 heterocycles. The number of carbonyl (C=O) groups excluding carboxylic acids is 1. The maximum absolute atomic E-state index is 12.9. The molecule has 5 nitrogen and oxygen atoms in total. The van der Waals surface area contributed by atoms with E-state index in [1.165, 1.54) is 0 Å². The quantitative estimate of drug-likeness (QED) is 0.436. The van der Waals surface area contributed by atoms with Gasteiger partial charge in [-0.1, -0.05) is 84.1 Å². The summed E-state index contributed by atoms with van der Waals surface area (Å²) in [6, 6.07) is 29.0. The largest absolute Gasteiger partial charge is 0.453 e. The highest BCUT2D eigenvalue weighted by atomic mass is 16.5. The Bertz CT molecular complexity index is 1020. The molecule has 1 aromatic heterocycles. The van der Waals surface area contributed by atoms with Crippen LogP contribution < -0.4 is 0 Å². The van der Waals surface area contributed by atoms with Crippen LogP contribution >= 0.6 is 0 Å². The van der Waals surface area contributed by atoms with Crippen LogP contribution in [0.15, 0.2) is 103 Å². The number of carbonyl (C=O) groups is 1. The van der Waals surface area contributed by atoms with E-state index >= 15 is 0 Å². The number of ether oxygens (including phenoxy) is 1. The zero-order valence-corrected chi connectivity index (χ0v) is 15.8. The number of esters is 1. The Balaban J connectivity index is 1.73. The Morgan fingerprint density at radius 1 is 0.828 bits per heavy atom. The molecule has 4 rings (SSSR count). The summed E-state index contributed by atoms with van der Waals surface area (Å²) in [6.45, 7) is 0.533. The number of nitrogens with zero attached hydrogens (tertiary/aromatic N) is 3. The van der Waals surface area contributed by atoms with Crippen LogP contribution in [0.3, 0.4) is 0 Å². The van der Waals surface area contributed by atoms with E-state index in [0.717, 1.165) is 11.1 Å². The van der Waals surface area contributed by atoms with Gasteiger partial charge in [-0.25, -0.2) is 4.79 Å². The first-order chi connectivity index (χ1) is 14.3. The fourth-order valence-corrected chi connectivity index (χ4v) is 3.39. The lowest BCUT2D eigenvalue weighted by Crippen LogP contribution is -2.23. The van der Waals surface area contributed by atoms with Crippen molar-refractivity contribution in [1.82, 2.24) is 15.0 Å². The van der Waals surface area contributed by atoms with Gasteiger partial charge in [0.15, 0.2) is 0 Å². The van der Waals surface area contributed by atoms with Gasteiger partial charge in [0.05, 0.1) is 18.3 Å². The minimum absolute atomic E-state index is 0.132. The second kappa shape index (κ2) is 8.97. The zero-order valence-electron chi connectivity index (χ0n) is 15.8. The summed E-state index contributed by atoms with van der Waals surface area (Å²) in [5, 5.41) is 8.04. The average Bonchev–Trinajstić information content (AvgIpc) is 3.31. The molecule has 0 bridgehead atoms. The predicted molar refractivity (Wildman–Crippen MR) is 110 cm³/mol. The van der Waals surface area contributed by atoms with Gasteiger partial charge in [-0.05, 0) is 23.3 Å². The van der Waals surface area contributed by atoms with Gasteiger partial charge in [-0.15, -0.1) is 5.10 Å². The van der Waals surface area contributed by atoms with Crippen molar-refractivity contribution in [3.63, 3.8) is 0 Å². The van der Waals surface area contributed by atoms with Crippen LogP contribution in [0.25, 0.3) is 0 Å². The normalized spacial score (nSPS) is 12.8. The van der Waals surface area contributed by atoms with Gasteiger partial charge in [-0.2, -0.15) is 0 Å². The summed E-state index contributed by atoms with van der Waals surface area (Å²) in [5.74, 6) is -0.480. The molecule has 0 amide bonds. The zero-order chi connectivity index (χ0) is 19.9. The van der Waals surface area contributed by atoms with Crippen LogP contribution in [-0.2, 0) is 11.3 Å². The smallest absolute Gasteiger partial charge is 0.338 e. The first-order valence-electron chi connectivity index (χ1n) is 9.51. The number of rotatable bonds is 7. The summed E-state index contributed by atoms with van der Waals surface area (Å²) in [7, 11) is 0. The standard InChI is InChI=1S/C24H21N3O2/c28-24(21-14-8-3-9-15-21)29-23(20-12-6-2-7-13-20)22(18-27-17-16-25-26-27)19-10-4-1-5-11-19/h1-17,22-23H,18H2/t22-,23-/m0/s1. The van der Waals surface area contributed by atoms with Crippen LogP contribution in [0.4, 0.5) is 0 Å². The predicted octanol–water partition coefficient (Wildman–Crippen LogP) is 4.66. The second-order valence-corrected chi connectivity index (χ2v) is 6.74. The van der Waals surface area contributed by atoms with Crippen molar-refractivity contribution >= 4 is 5.97 Å². The maximum atomic E-state index is 12.9. The van der Waals surface area contributed by atoms with Gasteiger partial charge < -0.3 is 4.74 Å². The SMILES string of the molecule is O=C(O[C@@H](c1ccccc1)[C@@H](Cn1ccnn1)c1ccccc1)c1ccccc1. The molecule has 0 radical (unpaired) electrons. The Morgan fingerprint density at radius 3 is 2.00 bits per heavy atom. The van der Waals surface area contributed by atoms with Crippen molar-refractivity contribution in [3.05, 3.63) is 120 Å². The highest BCUT2D eigenvalue weighted by Crippen LogP contribution is 2.36. The van der Waals surface area contributed by atoms with E-state index in [9.17, 15) is 4.79 Å². The van der Waals surface area contributed by atoms with Crippen LogP contribution in [0.2, 0.25) is 0 Å². The maximum Gasteiger partial charge on any atom is 0.338 e. The summed E-state index contributed by atoms with van der Waals surface area (Å²) < 4.78 is 7.86. The molecule has 0 aliphatic heterocycles. The summed E-state index contributed by atoms with van der Waals surface area (Å²) >= 11 is 0. The molecule has 0 saturated heterocycles. The molecule has 0 fully saturated rings. The third kappa shape index (κ3) is 4.58. The summed E-state index contributed by atoms with van der Waals surface area (Å²) in [5.41, 5.74) is 2.53. The molecule has 0 aliphatic rings. The van der Waals surface area contributed by atoms with Gasteiger partial charge in [0, 0.05) is 12.1 Å². The first kappa shape index (κ1) is 18.6. The lowest BCUT2D eigenvalue weighted by atomic mass is 9.88. The van der Waals surface area contributed by atoms with E-state index in [1.807, 2.05) is 85.1 Å². The fraction of sp³-hybridized carbons (Fsp3) is 0.125. The highest BCUT2D eigenvalue weighted by molar-refractivity contribution is 5.89. The Hall–Kier alpha value is -3.73. The minimum atomic E-state index is -0.476. The molecule has 0 saturated carbocycles. The van der Waals surface area contributed by atoms with Crippen molar-refractivity contribution in [2.45, 2.75) is 18.6 Å². The van der Waals surface area contributed by atoms with E-state index in [1.54, 1.807) is 23.0 Å². The molecule has 29 heavy (non-hydrogen) atoms. The third-order valence-corrected chi connectivity index (χ3v) is 4.82. The molecular formula is C24H21N3O2. The minimum Gasteiger partial charge on any atom is -0.453 e. The molecule has 0 aliphatic carbocycles. The molecule has 2 atom stereocenters. The van der Waals surface area contributed by atoms with Crippen molar-refractivity contribution in [1.29, 1.82) is 0 Å². The van der Waals surface area contributed by atoms with Gasteiger partial charge in [-0.3, -0.25) is 4.68 Å². The number of benzene rings is 3. The highest BCUT2D eigenvalue weighted by Gasteiger charge is 2.29. The molecule has 5 heteroatoms. The van der Waals surface area contributed by atoms with E-state index in [4.69, 9.17) is 4.74 Å². The number of hydrogen-bond donors (Lipinski definition) is 0. The lowest BCUT2D eigenvalue weighted by Gasteiger charge is -2.28. The fourth-order valence-electron chi connectivity index (χ4n) is 3.39. The topological polar surface area (TPSA) is 57.0 Å². The Morgan fingerprint density at radius 2 is 1.41 bits per heavy atom. The van der Waals surface area contributed by atoms with Gasteiger partial charge in [0.1, 0.15) is 6.10 Å². The van der Waals surface area contributed by atoms with E-state index in [2.05, 4.69) is 10.3 Å². The van der Waals surface area contributed by atoms with Crippen LogP contribution in [0.5, 0.6) is 0 Å². The Labute approximate surface area is 169 Å². The van der Waals surface area contributed by atoms with E-state index in [-0.39, 0.29) is 11.9 Å². The van der Waals surface area contributed by atoms with Crippen LogP contribution in [0.1, 0.15) is 33.5 Å².